The molecule has 1 aromatic carbocycles. The zero-order chi connectivity index (χ0) is 25.3. The third kappa shape index (κ3) is 9.44. The summed E-state index contributed by atoms with van der Waals surface area (Å²) in [7, 11) is 1.30. The minimum absolute atomic E-state index is 0.0924. The van der Waals surface area contributed by atoms with Crippen molar-refractivity contribution in [3.8, 4) is 5.75 Å². The highest BCUT2D eigenvalue weighted by molar-refractivity contribution is 6.01. The zero-order valence-corrected chi connectivity index (χ0v) is 21.7. The van der Waals surface area contributed by atoms with Gasteiger partial charge >= 0.3 is 5.97 Å². The second-order valence-electron chi connectivity index (χ2n) is 10.1. The highest BCUT2D eigenvalue weighted by Crippen LogP contribution is 2.24. The molecular formula is C26H42N2O5. The predicted octanol–water partition coefficient (Wildman–Crippen LogP) is 4.55. The Morgan fingerprint density at radius 2 is 1.48 bits per heavy atom. The maximum Gasteiger partial charge on any atom is 0.328 e. The molecule has 0 aliphatic rings. The number of amides is 2. The first-order chi connectivity index (χ1) is 15.3. The fourth-order valence-corrected chi connectivity index (χ4v) is 3.56. The topological polar surface area (TPSA) is 84.9 Å². The molecule has 0 radical (unpaired) electrons. The monoisotopic (exact) mass is 462 g/mol. The Bertz CT molecular complexity index is 792. The van der Waals surface area contributed by atoms with Crippen LogP contribution in [0, 0.1) is 17.8 Å². The summed E-state index contributed by atoms with van der Waals surface area (Å²) in [5.41, 5.74) is 0.743. The Morgan fingerprint density at radius 1 is 0.909 bits per heavy atom. The Morgan fingerprint density at radius 3 is 1.94 bits per heavy atom. The van der Waals surface area contributed by atoms with Gasteiger partial charge in [0.15, 0.2) is 0 Å². The predicted molar refractivity (Wildman–Crippen MR) is 131 cm³/mol. The van der Waals surface area contributed by atoms with Crippen LogP contribution in [-0.2, 0) is 9.53 Å². The van der Waals surface area contributed by atoms with Crippen LogP contribution >= 0.6 is 0 Å². The second-order valence-corrected chi connectivity index (χ2v) is 10.1. The molecule has 1 rings (SSSR count). The van der Waals surface area contributed by atoms with E-state index in [0.29, 0.717) is 42.7 Å². The van der Waals surface area contributed by atoms with E-state index in [1.165, 1.54) is 7.11 Å². The van der Waals surface area contributed by atoms with Gasteiger partial charge in [0.05, 0.1) is 18.8 Å². The number of carbonyl (C=O) groups excluding carboxylic acids is 3. The lowest BCUT2D eigenvalue weighted by Gasteiger charge is -2.27. The van der Waals surface area contributed by atoms with Crippen LogP contribution in [-0.4, -0.2) is 55.0 Å². The fourth-order valence-electron chi connectivity index (χ4n) is 3.56. The van der Waals surface area contributed by atoms with E-state index in [4.69, 9.17) is 9.47 Å². The van der Waals surface area contributed by atoms with Crippen LogP contribution in [0.4, 0.5) is 0 Å². The van der Waals surface area contributed by atoms with Gasteiger partial charge in [0.25, 0.3) is 11.8 Å². The van der Waals surface area contributed by atoms with Gasteiger partial charge in [-0.25, -0.2) is 4.79 Å². The van der Waals surface area contributed by atoms with E-state index in [9.17, 15) is 14.4 Å². The molecule has 1 atom stereocenters. The number of nitrogens with one attached hydrogen (secondary N) is 1. The summed E-state index contributed by atoms with van der Waals surface area (Å²) in [6.07, 6.45) is 0.255. The van der Waals surface area contributed by atoms with Crippen molar-refractivity contribution in [3.05, 3.63) is 29.3 Å². The van der Waals surface area contributed by atoms with E-state index < -0.39 is 17.9 Å². The van der Waals surface area contributed by atoms with Crippen LogP contribution in [0.3, 0.4) is 0 Å². The van der Waals surface area contributed by atoms with Gasteiger partial charge in [0.2, 0.25) is 0 Å². The lowest BCUT2D eigenvalue weighted by Crippen LogP contribution is -2.42. The Hall–Kier alpha value is -2.57. The fraction of sp³-hybridized carbons (Fsp3) is 0.654. The number of esters is 1. The molecule has 0 spiro atoms. The molecule has 0 bridgehead atoms. The smallest absolute Gasteiger partial charge is 0.328 e. The van der Waals surface area contributed by atoms with Crippen molar-refractivity contribution in [2.75, 3.05) is 20.2 Å². The van der Waals surface area contributed by atoms with E-state index in [-0.39, 0.29) is 23.5 Å². The third-order valence-corrected chi connectivity index (χ3v) is 4.79. The summed E-state index contributed by atoms with van der Waals surface area (Å²) in [6, 6.07) is 4.10. The van der Waals surface area contributed by atoms with Crippen molar-refractivity contribution < 1.29 is 23.9 Å². The number of ether oxygens (including phenoxy) is 2. The molecule has 33 heavy (non-hydrogen) atoms. The molecule has 7 nitrogen and oxygen atoms in total. The normalized spacial score (nSPS) is 12.3. The van der Waals surface area contributed by atoms with Gasteiger partial charge in [-0.15, -0.1) is 0 Å². The minimum atomic E-state index is -0.761. The molecule has 1 aromatic rings. The number of hydrogen-bond acceptors (Lipinski definition) is 5. The lowest BCUT2D eigenvalue weighted by atomic mass is 10.0. The van der Waals surface area contributed by atoms with E-state index in [1.54, 1.807) is 18.2 Å². The summed E-state index contributed by atoms with van der Waals surface area (Å²) in [5, 5.41) is 2.76. The first-order valence-corrected chi connectivity index (χ1v) is 11.8. The van der Waals surface area contributed by atoms with E-state index in [1.807, 2.05) is 32.6 Å². The average molecular weight is 463 g/mol. The molecule has 0 unspecified atom stereocenters. The molecular weight excluding hydrogens is 420 g/mol. The van der Waals surface area contributed by atoms with Gasteiger partial charge < -0.3 is 19.7 Å². The van der Waals surface area contributed by atoms with Gasteiger partial charge in [0.1, 0.15) is 11.8 Å². The van der Waals surface area contributed by atoms with Crippen molar-refractivity contribution in [2.24, 2.45) is 17.8 Å². The van der Waals surface area contributed by atoms with Crippen molar-refractivity contribution >= 4 is 17.8 Å². The van der Waals surface area contributed by atoms with Crippen LogP contribution in [0.15, 0.2) is 18.2 Å². The number of methoxy groups -OCH3 is 1. The number of rotatable bonds is 12. The zero-order valence-electron chi connectivity index (χ0n) is 21.7. The van der Waals surface area contributed by atoms with Crippen molar-refractivity contribution in [1.29, 1.82) is 0 Å². The van der Waals surface area contributed by atoms with E-state index in [2.05, 4.69) is 33.0 Å². The summed E-state index contributed by atoms with van der Waals surface area (Å²) < 4.78 is 10.8. The third-order valence-electron chi connectivity index (χ3n) is 4.79. The minimum Gasteiger partial charge on any atom is -0.490 e. The molecule has 0 saturated carbocycles. The van der Waals surface area contributed by atoms with Gasteiger partial charge in [0, 0.05) is 18.7 Å². The van der Waals surface area contributed by atoms with Crippen molar-refractivity contribution in [1.82, 2.24) is 10.2 Å². The van der Waals surface area contributed by atoms with Crippen LogP contribution < -0.4 is 10.1 Å². The number of nitrogens with zero attached hydrogens (tertiary/aromatic N) is 1. The Kier molecular flexibility index (Phi) is 11.4. The molecule has 0 aromatic heterocycles. The summed E-state index contributed by atoms with van der Waals surface area (Å²) in [4.78, 5) is 40.3. The number of carbonyl (C=O) groups is 3. The summed E-state index contributed by atoms with van der Waals surface area (Å²) in [6.45, 7) is 17.3. The SMILES string of the molecule is COC(=O)[C@H](CC(C)C)NC(=O)c1ccc(C(=O)N(CC(C)C)CC(C)C)cc1OC(C)C. The maximum atomic E-state index is 13.3. The molecule has 0 aliphatic heterocycles. The van der Waals surface area contributed by atoms with Crippen LogP contribution in [0.1, 0.15) is 82.5 Å². The molecule has 2 amide bonds. The van der Waals surface area contributed by atoms with Gasteiger partial charge in [-0.3, -0.25) is 9.59 Å². The standard InChI is InChI=1S/C26H42N2O5/c1-16(2)12-22(26(31)32-9)27-24(29)21-11-10-20(13-23(21)33-19(7)8)25(30)28(14-17(3)4)15-18(5)6/h10-11,13,16-19,22H,12,14-15H2,1-9H3,(H,27,29)/t22-/m0/s1. The van der Waals surface area contributed by atoms with E-state index in [0.717, 1.165) is 0 Å². The molecule has 0 aliphatic carbocycles. The average Bonchev–Trinajstić information content (AvgIpc) is 2.70. The van der Waals surface area contributed by atoms with Crippen LogP contribution in [0.2, 0.25) is 0 Å². The molecule has 1 N–H and O–H groups in total. The Balaban J connectivity index is 3.28. The van der Waals surface area contributed by atoms with E-state index >= 15 is 0 Å². The van der Waals surface area contributed by atoms with Gasteiger partial charge in [-0.1, -0.05) is 41.5 Å². The summed E-state index contributed by atoms with van der Waals surface area (Å²) >= 11 is 0. The molecule has 0 fully saturated rings. The number of hydrogen-bond donors (Lipinski definition) is 1. The van der Waals surface area contributed by atoms with Gasteiger partial charge in [-0.05, 0) is 56.2 Å². The molecule has 7 heteroatoms. The number of benzene rings is 1. The first-order valence-electron chi connectivity index (χ1n) is 11.8. The van der Waals surface area contributed by atoms with Crippen molar-refractivity contribution in [2.45, 2.75) is 74.0 Å². The van der Waals surface area contributed by atoms with Crippen LogP contribution in [0.5, 0.6) is 5.75 Å². The largest absolute Gasteiger partial charge is 0.490 e. The summed E-state index contributed by atoms with van der Waals surface area (Å²) in [5.74, 6) is 0.144. The lowest BCUT2D eigenvalue weighted by molar-refractivity contribution is -0.143. The van der Waals surface area contributed by atoms with Gasteiger partial charge in [-0.2, -0.15) is 0 Å². The molecule has 0 heterocycles. The molecule has 0 saturated heterocycles. The quantitative estimate of drug-likeness (QED) is 0.461. The molecule has 186 valence electrons. The first kappa shape index (κ1) is 28.5. The second kappa shape index (κ2) is 13.2. The highest BCUT2D eigenvalue weighted by atomic mass is 16.5. The maximum absolute atomic E-state index is 13.3. The van der Waals surface area contributed by atoms with Crippen LogP contribution in [0.25, 0.3) is 0 Å². The van der Waals surface area contributed by atoms with Crippen molar-refractivity contribution in [3.63, 3.8) is 0 Å². The Labute approximate surface area is 199 Å². The highest BCUT2D eigenvalue weighted by Gasteiger charge is 2.26.